The summed E-state index contributed by atoms with van der Waals surface area (Å²) in [6, 6.07) is 13.8. The number of ether oxygens (including phenoxy) is 2. The molecule has 0 bridgehead atoms. The lowest BCUT2D eigenvalue weighted by molar-refractivity contribution is -0.128. The van der Waals surface area contributed by atoms with E-state index >= 15 is 0 Å². The van der Waals surface area contributed by atoms with Crippen LogP contribution in [0.4, 0.5) is 4.39 Å². The Labute approximate surface area is 173 Å². The number of methoxy groups -OCH3 is 1. The van der Waals surface area contributed by atoms with Gasteiger partial charge in [0.05, 0.1) is 12.8 Å². The van der Waals surface area contributed by atoms with E-state index < -0.39 is 11.9 Å². The summed E-state index contributed by atoms with van der Waals surface area (Å²) in [5.41, 5.74) is 1.93. The molecule has 1 N–H and O–H groups in total. The van der Waals surface area contributed by atoms with E-state index in [0.29, 0.717) is 19.4 Å². The fourth-order valence-corrected chi connectivity index (χ4v) is 3.59. The number of aromatic nitrogens is 1. The molecular weight excluding hydrogens is 391 g/mol. The van der Waals surface area contributed by atoms with E-state index in [2.05, 4.69) is 10.3 Å². The van der Waals surface area contributed by atoms with Gasteiger partial charge in [-0.1, -0.05) is 19.1 Å². The van der Waals surface area contributed by atoms with E-state index in [-0.39, 0.29) is 11.7 Å². The molecule has 1 atom stereocenters. The van der Waals surface area contributed by atoms with Gasteiger partial charge in [-0.15, -0.1) is 11.3 Å². The third-order valence-corrected chi connectivity index (χ3v) is 5.28. The first-order valence-corrected chi connectivity index (χ1v) is 10.3. The number of halogens is 1. The minimum absolute atomic E-state index is 0.0816. The van der Waals surface area contributed by atoms with Crippen LogP contribution in [0.15, 0.2) is 53.9 Å². The minimum Gasteiger partial charge on any atom is -0.497 e. The summed E-state index contributed by atoms with van der Waals surface area (Å²) in [6.07, 6.45) is 0.310. The van der Waals surface area contributed by atoms with Crippen molar-refractivity contribution in [3.05, 3.63) is 65.4 Å². The molecule has 3 rings (SSSR count). The average molecular weight is 415 g/mol. The molecule has 0 aliphatic rings. The molecule has 0 radical (unpaired) electrons. The van der Waals surface area contributed by atoms with E-state index in [1.165, 1.54) is 12.1 Å². The highest BCUT2D eigenvalue weighted by atomic mass is 32.1. The first kappa shape index (κ1) is 20.8. The Morgan fingerprint density at radius 2 is 1.97 bits per heavy atom. The maximum Gasteiger partial charge on any atom is 0.261 e. The highest BCUT2D eigenvalue weighted by Gasteiger charge is 2.19. The molecule has 0 aliphatic carbocycles. The number of carbonyl (C=O) groups is 1. The zero-order valence-electron chi connectivity index (χ0n) is 16.4. The van der Waals surface area contributed by atoms with Crippen LogP contribution in [0.1, 0.15) is 19.0 Å². The summed E-state index contributed by atoms with van der Waals surface area (Å²) in [4.78, 5) is 17.0. The van der Waals surface area contributed by atoms with E-state index in [1.807, 2.05) is 36.6 Å². The smallest absolute Gasteiger partial charge is 0.261 e. The molecular formula is C22H23FN2O3S. The minimum atomic E-state index is -0.739. The molecule has 5 nitrogen and oxygen atoms in total. The number of thiazole rings is 1. The van der Waals surface area contributed by atoms with Crippen LogP contribution in [0.25, 0.3) is 10.6 Å². The predicted molar refractivity (Wildman–Crippen MR) is 112 cm³/mol. The summed E-state index contributed by atoms with van der Waals surface area (Å²) < 4.78 is 24.4. The van der Waals surface area contributed by atoms with Crippen LogP contribution in [-0.4, -0.2) is 30.6 Å². The van der Waals surface area contributed by atoms with Crippen LogP contribution < -0.4 is 14.8 Å². The van der Waals surface area contributed by atoms with Crippen molar-refractivity contribution in [3.63, 3.8) is 0 Å². The van der Waals surface area contributed by atoms with Gasteiger partial charge in [0.2, 0.25) is 0 Å². The molecule has 7 heteroatoms. The second-order valence-electron chi connectivity index (χ2n) is 6.36. The van der Waals surface area contributed by atoms with Gasteiger partial charge in [0.1, 0.15) is 10.8 Å². The van der Waals surface area contributed by atoms with Crippen LogP contribution >= 0.6 is 11.3 Å². The Kier molecular flexibility index (Phi) is 7.19. The van der Waals surface area contributed by atoms with E-state index in [9.17, 15) is 9.18 Å². The molecule has 29 heavy (non-hydrogen) atoms. The lowest BCUT2D eigenvalue weighted by atomic mass is 10.2. The van der Waals surface area contributed by atoms with Gasteiger partial charge >= 0.3 is 0 Å². The summed E-state index contributed by atoms with van der Waals surface area (Å²) in [6.45, 7) is 2.26. The molecule has 0 fully saturated rings. The quantitative estimate of drug-likeness (QED) is 0.561. The van der Waals surface area contributed by atoms with Crippen molar-refractivity contribution < 1.29 is 18.7 Å². The third kappa shape index (κ3) is 5.54. The third-order valence-electron chi connectivity index (χ3n) is 4.34. The van der Waals surface area contributed by atoms with E-state index in [1.54, 1.807) is 30.6 Å². The van der Waals surface area contributed by atoms with Crippen molar-refractivity contribution >= 4 is 17.2 Å². The van der Waals surface area contributed by atoms with E-state index in [4.69, 9.17) is 9.47 Å². The van der Waals surface area contributed by atoms with Crippen LogP contribution in [0.3, 0.4) is 0 Å². The molecule has 3 aromatic rings. The molecule has 1 unspecified atom stereocenters. The Hall–Kier alpha value is -2.93. The van der Waals surface area contributed by atoms with Crippen LogP contribution in [0.2, 0.25) is 0 Å². The summed E-state index contributed by atoms with van der Waals surface area (Å²) in [7, 11) is 1.63. The first-order chi connectivity index (χ1) is 14.1. The van der Waals surface area contributed by atoms with Crippen LogP contribution in [0.5, 0.6) is 11.5 Å². The fourth-order valence-electron chi connectivity index (χ4n) is 2.73. The number of benzene rings is 2. The molecule has 0 spiro atoms. The SMILES string of the molecule is CCC(Oc1ccccc1F)C(=O)NCCc1csc(-c2ccc(OC)cc2)n1. The van der Waals surface area contributed by atoms with Gasteiger partial charge in [-0.3, -0.25) is 4.79 Å². The summed E-state index contributed by atoms with van der Waals surface area (Å²) in [5, 5.41) is 5.75. The number of para-hydroxylation sites is 1. The first-order valence-electron chi connectivity index (χ1n) is 9.38. The second kappa shape index (κ2) is 10.0. The number of rotatable bonds is 9. The van der Waals surface area contributed by atoms with Gasteiger partial charge in [0, 0.05) is 23.9 Å². The van der Waals surface area contributed by atoms with Crippen molar-refractivity contribution in [2.75, 3.05) is 13.7 Å². The molecule has 1 heterocycles. The van der Waals surface area contributed by atoms with Crippen molar-refractivity contribution in [1.82, 2.24) is 10.3 Å². The maximum absolute atomic E-state index is 13.7. The molecule has 1 aromatic heterocycles. The normalized spacial score (nSPS) is 11.7. The van der Waals surface area contributed by atoms with Crippen LogP contribution in [0, 0.1) is 5.82 Å². The lowest BCUT2D eigenvalue weighted by Gasteiger charge is -2.17. The lowest BCUT2D eigenvalue weighted by Crippen LogP contribution is -2.39. The largest absolute Gasteiger partial charge is 0.497 e. The Balaban J connectivity index is 1.51. The molecule has 0 saturated heterocycles. The van der Waals surface area contributed by atoms with Crippen molar-refractivity contribution in [3.8, 4) is 22.1 Å². The summed E-state index contributed by atoms with van der Waals surface area (Å²) >= 11 is 1.56. The fraction of sp³-hybridized carbons (Fsp3) is 0.273. The van der Waals surface area contributed by atoms with Crippen LogP contribution in [-0.2, 0) is 11.2 Å². The Bertz CT molecular complexity index is 943. The highest BCUT2D eigenvalue weighted by Crippen LogP contribution is 2.25. The van der Waals surface area contributed by atoms with E-state index in [0.717, 1.165) is 22.0 Å². The molecule has 0 saturated carbocycles. The zero-order valence-corrected chi connectivity index (χ0v) is 17.2. The van der Waals surface area contributed by atoms with Gasteiger partial charge in [-0.2, -0.15) is 0 Å². The number of hydrogen-bond donors (Lipinski definition) is 1. The number of nitrogens with zero attached hydrogens (tertiary/aromatic N) is 1. The molecule has 0 aliphatic heterocycles. The van der Waals surface area contributed by atoms with Gasteiger partial charge in [0.25, 0.3) is 5.91 Å². The Morgan fingerprint density at radius 1 is 1.21 bits per heavy atom. The van der Waals surface area contributed by atoms with Crippen molar-refractivity contribution in [1.29, 1.82) is 0 Å². The highest BCUT2D eigenvalue weighted by molar-refractivity contribution is 7.13. The van der Waals surface area contributed by atoms with Gasteiger partial charge < -0.3 is 14.8 Å². The van der Waals surface area contributed by atoms with Gasteiger partial charge in [-0.05, 0) is 42.8 Å². The topological polar surface area (TPSA) is 60.5 Å². The monoisotopic (exact) mass is 414 g/mol. The number of amides is 1. The molecule has 1 amide bonds. The van der Waals surface area contributed by atoms with Gasteiger partial charge in [0.15, 0.2) is 17.7 Å². The summed E-state index contributed by atoms with van der Waals surface area (Å²) in [5.74, 6) is 0.142. The Morgan fingerprint density at radius 3 is 2.66 bits per heavy atom. The standard InChI is InChI=1S/C22H23FN2O3S/c1-3-19(28-20-7-5-4-6-18(20)23)21(26)24-13-12-16-14-29-22(25-16)15-8-10-17(27-2)11-9-15/h4-11,14,19H,3,12-13H2,1-2H3,(H,24,26). The molecule has 152 valence electrons. The number of carbonyl (C=O) groups excluding carboxylic acids is 1. The number of hydrogen-bond acceptors (Lipinski definition) is 5. The second-order valence-corrected chi connectivity index (χ2v) is 7.22. The number of nitrogens with one attached hydrogen (secondary N) is 1. The average Bonchev–Trinajstić information content (AvgIpc) is 3.22. The maximum atomic E-state index is 13.7. The van der Waals surface area contributed by atoms with Gasteiger partial charge in [-0.25, -0.2) is 9.37 Å². The predicted octanol–water partition coefficient (Wildman–Crippen LogP) is 4.47. The van der Waals surface area contributed by atoms with Crippen molar-refractivity contribution in [2.45, 2.75) is 25.9 Å². The zero-order chi connectivity index (χ0) is 20.6. The van der Waals surface area contributed by atoms with Crippen molar-refractivity contribution in [2.24, 2.45) is 0 Å². The molecule has 2 aromatic carbocycles.